The summed E-state index contributed by atoms with van der Waals surface area (Å²) in [4.78, 5) is 0. The first-order valence-electron chi connectivity index (χ1n) is 5.59. The van der Waals surface area contributed by atoms with Crippen LogP contribution in [-0.4, -0.2) is 28.2 Å². The van der Waals surface area contributed by atoms with E-state index < -0.39 is 5.60 Å². The minimum Gasteiger partial charge on any atom is -0.383 e. The maximum Gasteiger partial charge on any atom is 0.153 e. The molecule has 0 rings (SSSR count). The van der Waals surface area contributed by atoms with Crippen molar-refractivity contribution in [3.63, 3.8) is 0 Å². The van der Waals surface area contributed by atoms with Crippen molar-refractivity contribution in [2.24, 2.45) is 16.7 Å². The van der Waals surface area contributed by atoms with Crippen LogP contribution in [0.1, 0.15) is 47.5 Å². The van der Waals surface area contributed by atoms with Crippen LogP contribution in [0.4, 0.5) is 0 Å². The Morgan fingerprint density at radius 3 is 1.93 bits per heavy atom. The molecule has 0 fully saturated rings. The highest BCUT2D eigenvalue weighted by Gasteiger charge is 2.27. The number of hydrogen-bond acceptors (Lipinski definition) is 4. The molecule has 0 aliphatic rings. The molecule has 0 aliphatic heterocycles. The molecule has 0 atom stereocenters. The molecule has 0 aromatic heterocycles. The lowest BCUT2D eigenvalue weighted by atomic mass is 9.96. The quantitative estimate of drug-likeness (QED) is 0.278. The molecule has 15 heavy (non-hydrogen) atoms. The SMILES string of the molecule is CC.CCN(N)/N=C(\N)C(O)(CC)CC. The number of hydrazone groups is 1. The van der Waals surface area contributed by atoms with E-state index in [4.69, 9.17) is 11.6 Å². The number of hydrazine groups is 1. The van der Waals surface area contributed by atoms with E-state index >= 15 is 0 Å². The molecule has 5 heteroatoms. The molecule has 92 valence electrons. The maximum atomic E-state index is 9.90. The van der Waals surface area contributed by atoms with E-state index in [0.29, 0.717) is 19.4 Å². The lowest BCUT2D eigenvalue weighted by Crippen LogP contribution is -2.45. The summed E-state index contributed by atoms with van der Waals surface area (Å²) in [6.45, 7) is 10.1. The van der Waals surface area contributed by atoms with Crippen molar-refractivity contribution in [3.05, 3.63) is 0 Å². The van der Waals surface area contributed by atoms with Crippen LogP contribution in [0.15, 0.2) is 5.10 Å². The number of nitrogens with zero attached hydrogens (tertiary/aromatic N) is 2. The summed E-state index contributed by atoms with van der Waals surface area (Å²) in [6, 6.07) is 0. The van der Waals surface area contributed by atoms with Crippen molar-refractivity contribution >= 4 is 5.84 Å². The fourth-order valence-corrected chi connectivity index (χ4v) is 0.914. The first kappa shape index (κ1) is 16.6. The van der Waals surface area contributed by atoms with Crippen LogP contribution in [0.5, 0.6) is 0 Å². The van der Waals surface area contributed by atoms with E-state index in [1.165, 1.54) is 5.12 Å². The molecular formula is C10H26N4O. The smallest absolute Gasteiger partial charge is 0.153 e. The number of hydrogen-bond donors (Lipinski definition) is 3. The van der Waals surface area contributed by atoms with Crippen molar-refractivity contribution in [2.45, 2.75) is 53.1 Å². The monoisotopic (exact) mass is 218 g/mol. The maximum absolute atomic E-state index is 9.90. The molecule has 5 nitrogen and oxygen atoms in total. The van der Waals surface area contributed by atoms with E-state index in [-0.39, 0.29) is 5.84 Å². The number of nitrogens with two attached hydrogens (primary N) is 2. The van der Waals surface area contributed by atoms with Gasteiger partial charge in [-0.3, -0.25) is 0 Å². The molecule has 0 heterocycles. The van der Waals surface area contributed by atoms with Crippen molar-refractivity contribution in [1.82, 2.24) is 5.12 Å². The minimum absolute atomic E-state index is 0.182. The van der Waals surface area contributed by atoms with Gasteiger partial charge in [0.25, 0.3) is 0 Å². The van der Waals surface area contributed by atoms with Gasteiger partial charge in [-0.05, 0) is 19.8 Å². The molecule has 0 radical (unpaired) electrons. The third-order valence-corrected chi connectivity index (χ3v) is 2.21. The van der Waals surface area contributed by atoms with Crippen molar-refractivity contribution < 1.29 is 5.11 Å². The molecule has 0 spiro atoms. The van der Waals surface area contributed by atoms with Gasteiger partial charge in [-0.25, -0.2) is 11.0 Å². The molecule has 0 aromatic carbocycles. The highest BCUT2D eigenvalue weighted by atomic mass is 16.3. The Morgan fingerprint density at radius 2 is 1.67 bits per heavy atom. The van der Waals surface area contributed by atoms with Crippen molar-refractivity contribution in [3.8, 4) is 0 Å². The second-order valence-electron chi connectivity index (χ2n) is 2.98. The second-order valence-corrected chi connectivity index (χ2v) is 2.98. The fraction of sp³-hybridized carbons (Fsp3) is 0.900. The average molecular weight is 218 g/mol. The van der Waals surface area contributed by atoms with E-state index in [1.54, 1.807) is 0 Å². The highest BCUT2D eigenvalue weighted by Crippen LogP contribution is 2.14. The standard InChI is InChI=1S/C8H20N4O.C2H6/c1-4-8(13,5-2)7(9)11-12(10)6-3;1-2/h13H,4-6,10H2,1-3H3,(H2,9,11);1-2H3. The molecule has 0 amide bonds. The average Bonchev–Trinajstić information content (AvgIpc) is 2.30. The van der Waals surface area contributed by atoms with E-state index in [0.717, 1.165) is 0 Å². The molecule has 5 N–H and O–H groups in total. The first-order valence-corrected chi connectivity index (χ1v) is 5.59. The largest absolute Gasteiger partial charge is 0.383 e. The van der Waals surface area contributed by atoms with Gasteiger partial charge in [-0.15, -0.1) is 5.10 Å². The molecule has 0 bridgehead atoms. The molecule has 0 aromatic rings. The Labute approximate surface area is 93.1 Å². The van der Waals surface area contributed by atoms with Gasteiger partial charge in [-0.1, -0.05) is 27.7 Å². The molecule has 0 saturated heterocycles. The predicted octanol–water partition coefficient (Wildman–Crippen LogP) is 1.03. The lowest BCUT2D eigenvalue weighted by Gasteiger charge is -2.25. The minimum atomic E-state index is -1.02. The topological polar surface area (TPSA) is 87.9 Å². The summed E-state index contributed by atoms with van der Waals surface area (Å²) >= 11 is 0. The van der Waals surface area contributed by atoms with Gasteiger partial charge in [0.15, 0.2) is 5.84 Å². The van der Waals surface area contributed by atoms with Gasteiger partial charge in [0.1, 0.15) is 5.60 Å². The van der Waals surface area contributed by atoms with E-state index in [2.05, 4.69) is 5.10 Å². The fourth-order valence-electron chi connectivity index (χ4n) is 0.914. The summed E-state index contributed by atoms with van der Waals surface area (Å²) in [7, 11) is 0. The lowest BCUT2D eigenvalue weighted by molar-refractivity contribution is 0.0989. The van der Waals surface area contributed by atoms with Gasteiger partial charge in [0.05, 0.1) is 6.54 Å². The summed E-state index contributed by atoms with van der Waals surface area (Å²) in [5, 5.41) is 15.0. The zero-order valence-corrected chi connectivity index (χ0v) is 10.6. The summed E-state index contributed by atoms with van der Waals surface area (Å²) in [5.74, 6) is 5.62. The normalized spacial score (nSPS) is 11.8. The Balaban J connectivity index is 0. The van der Waals surface area contributed by atoms with Crippen molar-refractivity contribution in [2.75, 3.05) is 6.54 Å². The van der Waals surface area contributed by atoms with Gasteiger partial charge >= 0.3 is 0 Å². The number of aliphatic hydroxyl groups is 1. The highest BCUT2D eigenvalue weighted by molar-refractivity contribution is 5.88. The predicted molar refractivity (Wildman–Crippen MR) is 65.1 cm³/mol. The Bertz CT molecular complexity index is 178. The summed E-state index contributed by atoms with van der Waals surface area (Å²) in [6.07, 6.45) is 1.08. The van der Waals surface area contributed by atoms with Crippen molar-refractivity contribution in [1.29, 1.82) is 0 Å². The molecule has 0 unspecified atom stereocenters. The van der Waals surface area contributed by atoms with Crippen LogP contribution < -0.4 is 11.6 Å². The number of amidine groups is 1. The second kappa shape index (κ2) is 8.49. The van der Waals surface area contributed by atoms with Gasteiger partial charge < -0.3 is 10.8 Å². The summed E-state index contributed by atoms with van der Waals surface area (Å²) in [5.41, 5.74) is 4.61. The molecule has 0 aliphatic carbocycles. The zero-order chi connectivity index (χ0) is 12.5. The van der Waals surface area contributed by atoms with Crippen LogP contribution in [0.2, 0.25) is 0 Å². The van der Waals surface area contributed by atoms with Crippen LogP contribution in [0.25, 0.3) is 0 Å². The van der Waals surface area contributed by atoms with Crippen LogP contribution in [0.3, 0.4) is 0 Å². The molecule has 0 saturated carbocycles. The van der Waals surface area contributed by atoms with Gasteiger partial charge in [0.2, 0.25) is 0 Å². The Hall–Kier alpha value is -0.810. The third-order valence-electron chi connectivity index (χ3n) is 2.21. The summed E-state index contributed by atoms with van der Waals surface area (Å²) < 4.78 is 0. The van der Waals surface area contributed by atoms with Gasteiger partial charge in [0, 0.05) is 0 Å². The van der Waals surface area contributed by atoms with Gasteiger partial charge in [-0.2, -0.15) is 0 Å². The number of rotatable bonds is 5. The van der Waals surface area contributed by atoms with E-state index in [9.17, 15) is 5.11 Å². The Morgan fingerprint density at radius 1 is 1.27 bits per heavy atom. The first-order chi connectivity index (χ1) is 7.00. The van der Waals surface area contributed by atoms with Crippen LogP contribution >= 0.6 is 0 Å². The third kappa shape index (κ3) is 5.59. The van der Waals surface area contributed by atoms with Crippen LogP contribution in [-0.2, 0) is 0 Å². The molecular weight excluding hydrogens is 192 g/mol. The zero-order valence-electron chi connectivity index (χ0n) is 10.6. The Kier molecular flexibility index (Phi) is 9.41. The van der Waals surface area contributed by atoms with Crippen LogP contribution in [0, 0.1) is 0 Å². The van der Waals surface area contributed by atoms with E-state index in [1.807, 2.05) is 34.6 Å².